The molecule has 2 heterocycles. The highest BCUT2D eigenvalue weighted by molar-refractivity contribution is 7.97. The van der Waals surface area contributed by atoms with Crippen molar-refractivity contribution in [3.05, 3.63) is 24.3 Å². The van der Waals surface area contributed by atoms with Gasteiger partial charge in [-0.3, -0.25) is 0 Å². The molecule has 2 aliphatic heterocycles. The summed E-state index contributed by atoms with van der Waals surface area (Å²) >= 11 is 1.78. The highest BCUT2D eigenvalue weighted by atomic mass is 32.2. The molecule has 0 N–H and O–H groups in total. The van der Waals surface area contributed by atoms with Gasteiger partial charge in [-0.25, -0.2) is 4.31 Å². The van der Waals surface area contributed by atoms with E-state index in [4.69, 9.17) is 14.0 Å². The van der Waals surface area contributed by atoms with Gasteiger partial charge in [0.25, 0.3) is 0 Å². The average molecular weight is 321 g/mol. The topological polar surface area (TPSA) is 30.9 Å². The van der Waals surface area contributed by atoms with Gasteiger partial charge < -0.3 is 14.0 Å². The Morgan fingerprint density at radius 3 is 2.32 bits per heavy atom. The Kier molecular flexibility index (Phi) is 4.58. The molecular formula is C16H24BNO3S. The number of ether oxygens (including phenoxy) is 1. The molecule has 0 radical (unpaired) electrons. The van der Waals surface area contributed by atoms with Gasteiger partial charge >= 0.3 is 7.12 Å². The molecule has 0 spiro atoms. The SMILES string of the molecule is CC1(C)OB(c2cccc(SN3CCOCC3)c2)OC1(C)C. The molecule has 120 valence electrons. The molecule has 0 saturated carbocycles. The van der Waals surface area contributed by atoms with Crippen molar-refractivity contribution in [3.8, 4) is 0 Å². The van der Waals surface area contributed by atoms with Crippen LogP contribution in [-0.4, -0.2) is 48.9 Å². The van der Waals surface area contributed by atoms with Crippen LogP contribution in [0.25, 0.3) is 0 Å². The molecule has 22 heavy (non-hydrogen) atoms. The van der Waals surface area contributed by atoms with Crippen molar-refractivity contribution < 1.29 is 14.0 Å². The molecule has 6 heteroatoms. The summed E-state index contributed by atoms with van der Waals surface area (Å²) < 4.78 is 20.0. The molecule has 0 aromatic heterocycles. The summed E-state index contributed by atoms with van der Waals surface area (Å²) in [5.41, 5.74) is 0.479. The van der Waals surface area contributed by atoms with E-state index < -0.39 is 0 Å². The number of hydrogen-bond acceptors (Lipinski definition) is 5. The molecule has 2 aliphatic rings. The van der Waals surface area contributed by atoms with Crippen LogP contribution < -0.4 is 5.46 Å². The monoisotopic (exact) mass is 321 g/mol. The molecule has 3 rings (SSSR count). The van der Waals surface area contributed by atoms with Gasteiger partial charge in [-0.2, -0.15) is 0 Å². The first-order valence-electron chi connectivity index (χ1n) is 7.84. The van der Waals surface area contributed by atoms with Crippen LogP contribution in [0, 0.1) is 0 Å². The molecule has 0 aliphatic carbocycles. The maximum Gasteiger partial charge on any atom is 0.494 e. The molecule has 2 fully saturated rings. The number of benzene rings is 1. The third-order valence-electron chi connectivity index (χ3n) is 4.59. The van der Waals surface area contributed by atoms with E-state index in [0.717, 1.165) is 31.8 Å². The minimum absolute atomic E-state index is 0.296. The van der Waals surface area contributed by atoms with Crippen molar-refractivity contribution in [2.24, 2.45) is 0 Å². The van der Waals surface area contributed by atoms with Gasteiger partial charge in [-0.15, -0.1) is 0 Å². The summed E-state index contributed by atoms with van der Waals surface area (Å²) in [5.74, 6) is 0. The second-order valence-corrected chi connectivity index (χ2v) is 7.96. The second kappa shape index (κ2) is 6.17. The second-order valence-electron chi connectivity index (χ2n) is 6.79. The van der Waals surface area contributed by atoms with E-state index in [1.54, 1.807) is 11.9 Å². The van der Waals surface area contributed by atoms with E-state index in [1.807, 2.05) is 0 Å². The Hall–Kier alpha value is -0.525. The van der Waals surface area contributed by atoms with Gasteiger partial charge in [-0.05, 0) is 57.2 Å². The van der Waals surface area contributed by atoms with E-state index in [-0.39, 0.29) is 18.3 Å². The zero-order valence-corrected chi connectivity index (χ0v) is 14.6. The van der Waals surface area contributed by atoms with Crippen LogP contribution in [-0.2, 0) is 14.0 Å². The Labute approximate surface area is 137 Å². The summed E-state index contributed by atoms with van der Waals surface area (Å²) in [7, 11) is -0.296. The first-order chi connectivity index (χ1) is 10.4. The predicted octanol–water partition coefficient (Wildman–Crippen LogP) is 2.33. The molecule has 0 atom stereocenters. The van der Waals surface area contributed by atoms with E-state index in [9.17, 15) is 0 Å². The van der Waals surface area contributed by atoms with Crippen LogP contribution in [0.4, 0.5) is 0 Å². The van der Waals surface area contributed by atoms with Crippen molar-refractivity contribution in [2.75, 3.05) is 26.3 Å². The number of morpholine rings is 1. The highest BCUT2D eigenvalue weighted by Gasteiger charge is 2.51. The van der Waals surface area contributed by atoms with Gasteiger partial charge in [0.2, 0.25) is 0 Å². The maximum absolute atomic E-state index is 6.13. The normalized spacial score (nSPS) is 24.6. The molecular weight excluding hydrogens is 297 g/mol. The van der Waals surface area contributed by atoms with Crippen molar-refractivity contribution >= 4 is 24.5 Å². The molecule has 1 aromatic carbocycles. The average Bonchev–Trinajstić information content (AvgIpc) is 2.69. The minimum Gasteiger partial charge on any atom is -0.399 e. The maximum atomic E-state index is 6.13. The van der Waals surface area contributed by atoms with Crippen LogP contribution in [0.1, 0.15) is 27.7 Å². The third-order valence-corrected chi connectivity index (χ3v) is 5.68. The standard InChI is InChI=1S/C16H24BNO3S/c1-15(2)16(3,4)21-17(20-15)13-6-5-7-14(12-13)22-18-8-10-19-11-9-18/h5-7,12H,8-11H2,1-4H3. The largest absolute Gasteiger partial charge is 0.494 e. The van der Waals surface area contributed by atoms with Crippen molar-refractivity contribution in [1.29, 1.82) is 0 Å². The summed E-state index contributed by atoms with van der Waals surface area (Å²) in [6.45, 7) is 11.9. The summed E-state index contributed by atoms with van der Waals surface area (Å²) in [6, 6.07) is 8.45. The van der Waals surface area contributed by atoms with E-state index in [0.29, 0.717) is 0 Å². The Morgan fingerprint density at radius 1 is 1.05 bits per heavy atom. The van der Waals surface area contributed by atoms with Gasteiger partial charge in [0.15, 0.2) is 0 Å². The zero-order chi connectivity index (χ0) is 15.8. The van der Waals surface area contributed by atoms with Crippen molar-refractivity contribution in [2.45, 2.75) is 43.8 Å². The molecule has 2 saturated heterocycles. The number of nitrogens with zero attached hydrogens (tertiary/aromatic N) is 1. The van der Waals surface area contributed by atoms with Crippen LogP contribution >= 0.6 is 11.9 Å². The number of hydrogen-bond donors (Lipinski definition) is 0. The van der Waals surface area contributed by atoms with Crippen LogP contribution in [0.15, 0.2) is 29.2 Å². The van der Waals surface area contributed by atoms with Gasteiger partial charge in [0, 0.05) is 18.0 Å². The van der Waals surface area contributed by atoms with Crippen LogP contribution in [0.3, 0.4) is 0 Å². The summed E-state index contributed by atoms with van der Waals surface area (Å²) in [5, 5.41) is 0. The molecule has 1 aromatic rings. The lowest BCUT2D eigenvalue weighted by Crippen LogP contribution is -2.41. The summed E-state index contributed by atoms with van der Waals surface area (Å²) in [6.07, 6.45) is 0. The fraction of sp³-hybridized carbons (Fsp3) is 0.625. The quantitative estimate of drug-likeness (QED) is 0.630. The minimum atomic E-state index is -0.301. The Morgan fingerprint density at radius 2 is 1.68 bits per heavy atom. The van der Waals surface area contributed by atoms with Crippen molar-refractivity contribution in [3.63, 3.8) is 0 Å². The fourth-order valence-corrected chi connectivity index (χ4v) is 3.44. The Balaban J connectivity index is 1.72. The molecule has 0 bridgehead atoms. The van der Waals surface area contributed by atoms with Gasteiger partial charge in [0.05, 0.1) is 24.4 Å². The predicted molar refractivity (Wildman–Crippen MR) is 90.4 cm³/mol. The lowest BCUT2D eigenvalue weighted by Gasteiger charge is -2.32. The first-order valence-corrected chi connectivity index (χ1v) is 8.61. The molecule has 0 amide bonds. The molecule has 4 nitrogen and oxygen atoms in total. The first kappa shape index (κ1) is 16.3. The van der Waals surface area contributed by atoms with Gasteiger partial charge in [-0.1, -0.05) is 12.1 Å². The summed E-state index contributed by atoms with van der Waals surface area (Å²) in [4.78, 5) is 1.22. The smallest absolute Gasteiger partial charge is 0.399 e. The van der Waals surface area contributed by atoms with Crippen LogP contribution in [0.5, 0.6) is 0 Å². The van der Waals surface area contributed by atoms with Crippen LogP contribution in [0.2, 0.25) is 0 Å². The third kappa shape index (κ3) is 3.36. The Bertz CT molecular complexity index is 516. The van der Waals surface area contributed by atoms with E-state index in [1.165, 1.54) is 4.90 Å². The fourth-order valence-electron chi connectivity index (χ4n) is 2.48. The van der Waals surface area contributed by atoms with E-state index in [2.05, 4.69) is 56.3 Å². The van der Waals surface area contributed by atoms with Gasteiger partial charge in [0.1, 0.15) is 0 Å². The number of rotatable bonds is 3. The lowest BCUT2D eigenvalue weighted by molar-refractivity contribution is 0.00578. The van der Waals surface area contributed by atoms with E-state index >= 15 is 0 Å². The highest BCUT2D eigenvalue weighted by Crippen LogP contribution is 2.36. The van der Waals surface area contributed by atoms with Crippen molar-refractivity contribution in [1.82, 2.24) is 4.31 Å². The zero-order valence-electron chi connectivity index (χ0n) is 13.8. The lowest BCUT2D eigenvalue weighted by atomic mass is 9.79. The molecule has 0 unspecified atom stereocenters.